The summed E-state index contributed by atoms with van der Waals surface area (Å²) in [5.74, 6) is -1.83. The molecule has 0 aromatic heterocycles. The Hall–Kier alpha value is -1.09. The van der Waals surface area contributed by atoms with Gasteiger partial charge < -0.3 is 15.1 Å². The summed E-state index contributed by atoms with van der Waals surface area (Å²) in [5, 5.41) is 19.6. The van der Waals surface area contributed by atoms with E-state index in [9.17, 15) is 19.8 Å². The van der Waals surface area contributed by atoms with Gasteiger partial charge in [0, 0.05) is 35.2 Å². The van der Waals surface area contributed by atoms with Gasteiger partial charge in [-0.3, -0.25) is 15.6 Å². The second-order valence-corrected chi connectivity index (χ2v) is 7.51. The molecule has 4 N–H and O–H groups in total. The number of rotatable bonds is 4. The molecule has 0 saturated carbocycles. The molecule has 0 aliphatic carbocycles. The van der Waals surface area contributed by atoms with Crippen molar-refractivity contribution in [2.75, 3.05) is 13.1 Å². The van der Waals surface area contributed by atoms with Crippen molar-refractivity contribution in [1.82, 2.24) is 15.8 Å². The van der Waals surface area contributed by atoms with Crippen LogP contribution in [0.25, 0.3) is 0 Å². The van der Waals surface area contributed by atoms with Crippen LogP contribution in [0.3, 0.4) is 0 Å². The summed E-state index contributed by atoms with van der Waals surface area (Å²) in [6.07, 6.45) is -0.237. The van der Waals surface area contributed by atoms with Crippen molar-refractivity contribution in [2.24, 2.45) is 11.8 Å². The molecule has 3 rings (SSSR count). The molecule has 0 unspecified atom stereocenters. The number of hydrazine groups is 1. The largest absolute Gasteiger partial charge is 0.477 e. The Balaban J connectivity index is 1.91. The molecule has 0 aromatic rings. The number of fused-ring (bicyclic) bond motifs is 1. The van der Waals surface area contributed by atoms with E-state index in [1.54, 1.807) is 18.7 Å². The molecule has 0 bridgehead atoms. The normalized spacial score (nSPS) is 33.7. The predicted octanol–water partition coefficient (Wildman–Crippen LogP) is -0.260. The third-order valence-electron chi connectivity index (χ3n) is 4.71. The predicted molar refractivity (Wildman–Crippen MR) is 81.6 cm³/mol. The number of hydrogen-bond acceptors (Lipinski definition) is 6. The molecule has 7 nitrogen and oxygen atoms in total. The summed E-state index contributed by atoms with van der Waals surface area (Å²) in [6, 6.07) is -0.150. The number of amides is 1. The maximum atomic E-state index is 12.5. The SMILES string of the molecule is C[C@@H](O)[C@@H]1C[C@H]2[C@@H](C)C(SC3CNNC3)=C(C(=O)O)N2C1=O. The molecule has 4 atom stereocenters. The van der Waals surface area contributed by atoms with Gasteiger partial charge in [-0.2, -0.15) is 0 Å². The second kappa shape index (κ2) is 5.84. The zero-order valence-electron chi connectivity index (χ0n) is 12.6. The summed E-state index contributed by atoms with van der Waals surface area (Å²) in [4.78, 5) is 26.4. The minimum Gasteiger partial charge on any atom is -0.477 e. The topological polar surface area (TPSA) is 102 Å². The highest BCUT2D eigenvalue weighted by Gasteiger charge is 2.53. The minimum atomic E-state index is -1.06. The Morgan fingerprint density at radius 2 is 2.05 bits per heavy atom. The van der Waals surface area contributed by atoms with Crippen LogP contribution in [-0.4, -0.2) is 57.5 Å². The molecule has 2 fully saturated rings. The van der Waals surface area contributed by atoms with Gasteiger partial charge in [0.25, 0.3) is 0 Å². The molecule has 8 heteroatoms. The van der Waals surface area contributed by atoms with Crippen molar-refractivity contribution in [3.05, 3.63) is 10.6 Å². The molecule has 0 radical (unpaired) electrons. The van der Waals surface area contributed by atoms with Gasteiger partial charge in [0.15, 0.2) is 0 Å². The quantitative estimate of drug-likeness (QED) is 0.564. The van der Waals surface area contributed by atoms with Gasteiger partial charge in [-0.15, -0.1) is 11.8 Å². The van der Waals surface area contributed by atoms with E-state index in [0.29, 0.717) is 6.42 Å². The van der Waals surface area contributed by atoms with Gasteiger partial charge in [-0.25, -0.2) is 4.79 Å². The highest BCUT2D eigenvalue weighted by Crippen LogP contribution is 2.48. The molecular weight excluding hydrogens is 306 g/mol. The number of carbonyl (C=O) groups is 2. The van der Waals surface area contributed by atoms with Crippen molar-refractivity contribution in [3.8, 4) is 0 Å². The van der Waals surface area contributed by atoms with Crippen LogP contribution >= 0.6 is 11.8 Å². The highest BCUT2D eigenvalue weighted by molar-refractivity contribution is 8.03. The molecule has 2 saturated heterocycles. The van der Waals surface area contributed by atoms with Crippen molar-refractivity contribution >= 4 is 23.6 Å². The molecule has 3 heterocycles. The van der Waals surface area contributed by atoms with Crippen molar-refractivity contribution in [1.29, 1.82) is 0 Å². The first-order valence-electron chi connectivity index (χ1n) is 7.52. The van der Waals surface area contributed by atoms with Crippen LogP contribution in [0.5, 0.6) is 0 Å². The Kier molecular flexibility index (Phi) is 4.19. The minimum absolute atomic E-state index is 0.00981. The van der Waals surface area contributed by atoms with E-state index in [1.807, 2.05) is 6.92 Å². The van der Waals surface area contributed by atoms with E-state index < -0.39 is 18.0 Å². The number of nitrogens with zero attached hydrogens (tertiary/aromatic N) is 1. The molecular formula is C14H21N3O4S. The zero-order chi connectivity index (χ0) is 16.0. The van der Waals surface area contributed by atoms with Crippen molar-refractivity contribution in [2.45, 2.75) is 37.7 Å². The van der Waals surface area contributed by atoms with Crippen LogP contribution in [0.1, 0.15) is 20.3 Å². The number of aliphatic hydroxyl groups excluding tert-OH is 1. The van der Waals surface area contributed by atoms with Gasteiger partial charge in [-0.05, 0) is 13.3 Å². The fourth-order valence-electron chi connectivity index (χ4n) is 3.50. The Morgan fingerprint density at radius 3 is 2.59 bits per heavy atom. The third kappa shape index (κ3) is 2.44. The number of carboxylic acids is 1. The maximum Gasteiger partial charge on any atom is 0.353 e. The summed E-state index contributed by atoms with van der Waals surface area (Å²) < 4.78 is 0. The fourth-order valence-corrected chi connectivity index (χ4v) is 4.86. The smallest absolute Gasteiger partial charge is 0.353 e. The first-order chi connectivity index (χ1) is 10.4. The highest BCUT2D eigenvalue weighted by atomic mass is 32.2. The molecule has 3 aliphatic rings. The monoisotopic (exact) mass is 327 g/mol. The lowest BCUT2D eigenvalue weighted by molar-refractivity contribution is -0.140. The van der Waals surface area contributed by atoms with Gasteiger partial charge in [0.1, 0.15) is 5.70 Å². The Morgan fingerprint density at radius 1 is 1.41 bits per heavy atom. The van der Waals surface area contributed by atoms with Crippen LogP contribution in [0.4, 0.5) is 0 Å². The lowest BCUT2D eigenvalue weighted by Gasteiger charge is -2.19. The van der Waals surface area contributed by atoms with Crippen LogP contribution in [-0.2, 0) is 9.59 Å². The lowest BCUT2D eigenvalue weighted by Crippen LogP contribution is -2.35. The van der Waals surface area contributed by atoms with Gasteiger partial charge in [0.05, 0.1) is 12.0 Å². The number of carbonyl (C=O) groups excluding carboxylic acids is 1. The summed E-state index contributed by atoms with van der Waals surface area (Å²) >= 11 is 1.55. The number of hydrogen-bond donors (Lipinski definition) is 4. The fraction of sp³-hybridized carbons (Fsp3) is 0.714. The number of aliphatic carboxylic acids is 1. The average Bonchev–Trinajstić information content (AvgIpc) is 3.11. The van der Waals surface area contributed by atoms with E-state index in [2.05, 4.69) is 10.9 Å². The van der Waals surface area contributed by atoms with E-state index >= 15 is 0 Å². The van der Waals surface area contributed by atoms with E-state index in [1.165, 1.54) is 4.90 Å². The first kappa shape index (κ1) is 15.8. The maximum absolute atomic E-state index is 12.5. The molecule has 122 valence electrons. The standard InChI is InChI=1S/C14H21N3O4S/c1-6-10-3-9(7(2)18)13(19)17(10)11(14(20)21)12(6)22-8-4-15-16-5-8/h6-10,15-16,18H,3-5H2,1-2H3,(H,20,21)/t6-,7-,9+,10+/m1/s1. The summed E-state index contributed by atoms with van der Waals surface area (Å²) in [7, 11) is 0. The number of thioether (sulfide) groups is 1. The van der Waals surface area contributed by atoms with Crippen LogP contribution < -0.4 is 10.9 Å². The molecule has 3 aliphatic heterocycles. The summed E-state index contributed by atoms with van der Waals surface area (Å²) in [5.41, 5.74) is 6.18. The van der Waals surface area contributed by atoms with E-state index in [-0.39, 0.29) is 28.8 Å². The Bertz CT molecular complexity index is 530. The van der Waals surface area contributed by atoms with E-state index in [0.717, 1.165) is 18.0 Å². The Labute approximate surface area is 133 Å². The molecule has 0 spiro atoms. The van der Waals surface area contributed by atoms with Gasteiger partial charge in [0.2, 0.25) is 5.91 Å². The molecule has 22 heavy (non-hydrogen) atoms. The van der Waals surface area contributed by atoms with E-state index in [4.69, 9.17) is 0 Å². The zero-order valence-corrected chi connectivity index (χ0v) is 13.4. The second-order valence-electron chi connectivity index (χ2n) is 6.17. The lowest BCUT2D eigenvalue weighted by atomic mass is 9.94. The van der Waals surface area contributed by atoms with Crippen molar-refractivity contribution in [3.63, 3.8) is 0 Å². The first-order valence-corrected chi connectivity index (χ1v) is 8.40. The third-order valence-corrected chi connectivity index (χ3v) is 6.20. The number of carboxylic acid groups (broad SMARTS) is 1. The van der Waals surface area contributed by atoms with Crippen LogP contribution in [0, 0.1) is 11.8 Å². The number of aliphatic hydroxyl groups is 1. The van der Waals surface area contributed by atoms with Gasteiger partial charge in [-0.1, -0.05) is 6.92 Å². The number of nitrogens with one attached hydrogen (secondary N) is 2. The van der Waals surface area contributed by atoms with Crippen LogP contribution in [0.2, 0.25) is 0 Å². The summed E-state index contributed by atoms with van der Waals surface area (Å²) in [6.45, 7) is 5.10. The van der Waals surface area contributed by atoms with Crippen LogP contribution in [0.15, 0.2) is 10.6 Å². The van der Waals surface area contributed by atoms with Gasteiger partial charge >= 0.3 is 5.97 Å². The average molecular weight is 327 g/mol. The molecule has 1 amide bonds. The van der Waals surface area contributed by atoms with Crippen molar-refractivity contribution < 1.29 is 19.8 Å². The molecule has 0 aromatic carbocycles.